The van der Waals surface area contributed by atoms with Gasteiger partial charge in [0.2, 0.25) is 0 Å². The second kappa shape index (κ2) is 6.62. The van der Waals surface area contributed by atoms with Crippen molar-refractivity contribution in [3.05, 3.63) is 89.5 Å². The van der Waals surface area contributed by atoms with Crippen LogP contribution in [0.4, 0.5) is 0 Å². The number of hydrogen-bond acceptors (Lipinski definition) is 0. The average Bonchev–Trinajstić information content (AvgIpc) is 2.54. The normalized spacial score (nSPS) is 11.4. The van der Waals surface area contributed by atoms with Gasteiger partial charge in [-0.15, -0.1) is 0 Å². The standard InChI is InChI=1S/C21H21PSe/c1-16-7-4-10-19(13-16)22(23,20-11-5-8-17(2)14-20)21-12-6-9-18(3)15-21/h4-15H,1-3H3. The SMILES string of the molecule is Cc1cccc(P(=[Se])(c2cccc(C)c2)c2cccc(C)c2)c1. The third kappa shape index (κ3) is 3.29. The summed E-state index contributed by atoms with van der Waals surface area (Å²) in [6, 6.07) is 26.8. The zero-order valence-corrected chi connectivity index (χ0v) is 16.4. The van der Waals surface area contributed by atoms with Gasteiger partial charge in [-0.1, -0.05) is 0 Å². The van der Waals surface area contributed by atoms with E-state index in [-0.39, 0.29) is 0 Å². The first-order valence-corrected chi connectivity index (χ1v) is 11.8. The zero-order valence-electron chi connectivity index (χ0n) is 13.8. The van der Waals surface area contributed by atoms with Crippen LogP contribution in [0.25, 0.3) is 0 Å². The Kier molecular flexibility index (Phi) is 4.74. The first-order valence-electron chi connectivity index (χ1n) is 7.82. The van der Waals surface area contributed by atoms with E-state index in [1.807, 2.05) is 0 Å². The van der Waals surface area contributed by atoms with Gasteiger partial charge in [0.25, 0.3) is 0 Å². The Labute approximate surface area is 146 Å². The molecule has 0 bridgehead atoms. The summed E-state index contributed by atoms with van der Waals surface area (Å²) in [6.45, 7) is 6.50. The summed E-state index contributed by atoms with van der Waals surface area (Å²) < 4.78 is 0. The third-order valence-electron chi connectivity index (χ3n) is 4.10. The van der Waals surface area contributed by atoms with Gasteiger partial charge >= 0.3 is 147 Å². The number of aryl methyl sites for hydroxylation is 3. The van der Waals surface area contributed by atoms with Gasteiger partial charge in [-0.05, 0) is 0 Å². The molecule has 23 heavy (non-hydrogen) atoms. The molecule has 0 aliphatic rings. The Morgan fingerprint density at radius 1 is 0.565 bits per heavy atom. The van der Waals surface area contributed by atoms with Crippen molar-refractivity contribution in [2.24, 2.45) is 0 Å². The van der Waals surface area contributed by atoms with Crippen LogP contribution >= 0.6 is 5.51 Å². The van der Waals surface area contributed by atoms with E-state index < -0.39 is 5.51 Å². The van der Waals surface area contributed by atoms with E-state index in [0.717, 1.165) is 0 Å². The summed E-state index contributed by atoms with van der Waals surface area (Å²) >= 11 is 3.63. The maximum atomic E-state index is 3.63. The topological polar surface area (TPSA) is 0 Å². The van der Waals surface area contributed by atoms with E-state index in [4.69, 9.17) is 0 Å². The summed E-state index contributed by atoms with van der Waals surface area (Å²) in [4.78, 5) is 0. The van der Waals surface area contributed by atoms with Gasteiger partial charge in [-0.2, -0.15) is 0 Å². The molecule has 3 aromatic carbocycles. The van der Waals surface area contributed by atoms with Gasteiger partial charge in [-0.25, -0.2) is 0 Å². The Morgan fingerprint density at radius 3 is 1.13 bits per heavy atom. The van der Waals surface area contributed by atoms with Gasteiger partial charge in [0.1, 0.15) is 0 Å². The maximum absolute atomic E-state index is 3.63. The third-order valence-corrected chi connectivity index (χ3v) is 11.1. The zero-order chi connectivity index (χ0) is 16.4. The molecule has 0 radical (unpaired) electrons. The second-order valence-corrected chi connectivity index (χ2v) is 12.3. The predicted octanol–water partition coefficient (Wildman–Crippen LogP) is 3.99. The van der Waals surface area contributed by atoms with Crippen LogP contribution in [-0.4, -0.2) is 15.1 Å². The molecule has 0 atom stereocenters. The summed E-state index contributed by atoms with van der Waals surface area (Å²) in [7, 11) is 0. The first kappa shape index (κ1) is 16.5. The van der Waals surface area contributed by atoms with Crippen LogP contribution in [0, 0.1) is 20.8 Å². The van der Waals surface area contributed by atoms with Crippen LogP contribution in [-0.2, 0) is 0 Å². The fraction of sp³-hybridized carbons (Fsp3) is 0.143. The number of hydrogen-bond donors (Lipinski definition) is 0. The Hall–Kier alpha value is -1.39. The second-order valence-electron chi connectivity index (χ2n) is 6.13. The summed E-state index contributed by atoms with van der Waals surface area (Å²) in [5.41, 5.74) is 2.19. The molecule has 0 aliphatic carbocycles. The monoisotopic (exact) mass is 384 g/mol. The van der Waals surface area contributed by atoms with Crippen molar-refractivity contribution in [1.82, 2.24) is 0 Å². The fourth-order valence-corrected chi connectivity index (χ4v) is 8.00. The Morgan fingerprint density at radius 2 is 0.870 bits per heavy atom. The van der Waals surface area contributed by atoms with Crippen molar-refractivity contribution in [1.29, 1.82) is 0 Å². The molecule has 0 heterocycles. The van der Waals surface area contributed by atoms with Crippen LogP contribution < -0.4 is 15.9 Å². The molecule has 3 aromatic rings. The Balaban J connectivity index is 2.32. The summed E-state index contributed by atoms with van der Waals surface area (Å²) in [5.74, 6) is 0. The van der Waals surface area contributed by atoms with E-state index in [2.05, 4.69) is 109 Å². The molecule has 116 valence electrons. The summed E-state index contributed by atoms with van der Waals surface area (Å²) in [5, 5.41) is 4.19. The van der Waals surface area contributed by atoms with Crippen molar-refractivity contribution in [3.63, 3.8) is 0 Å². The minimum atomic E-state index is -1.73. The van der Waals surface area contributed by atoms with E-state index in [1.54, 1.807) is 0 Å². The van der Waals surface area contributed by atoms with Crippen molar-refractivity contribution in [3.8, 4) is 0 Å². The fourth-order valence-electron chi connectivity index (χ4n) is 2.92. The van der Waals surface area contributed by atoms with Gasteiger partial charge in [-0.3, -0.25) is 0 Å². The van der Waals surface area contributed by atoms with Gasteiger partial charge in [0.05, 0.1) is 0 Å². The van der Waals surface area contributed by atoms with Crippen molar-refractivity contribution < 1.29 is 0 Å². The van der Waals surface area contributed by atoms with Gasteiger partial charge < -0.3 is 0 Å². The predicted molar refractivity (Wildman–Crippen MR) is 105 cm³/mol. The first-order chi connectivity index (χ1) is 11.0. The molecule has 0 aliphatic heterocycles. The van der Waals surface area contributed by atoms with E-state index >= 15 is 0 Å². The number of rotatable bonds is 3. The summed E-state index contributed by atoms with van der Waals surface area (Å²) in [6.07, 6.45) is 0. The van der Waals surface area contributed by atoms with Crippen LogP contribution in [0.3, 0.4) is 0 Å². The molecular weight excluding hydrogens is 362 g/mol. The molecule has 0 aromatic heterocycles. The molecule has 0 unspecified atom stereocenters. The molecule has 0 saturated heterocycles. The molecule has 0 amide bonds. The molecule has 3 rings (SSSR count). The van der Waals surface area contributed by atoms with E-state index in [9.17, 15) is 0 Å². The molecular formula is C21H21PSe. The molecule has 0 N–H and O–H groups in total. The molecule has 0 fully saturated rings. The Bertz CT molecular complexity index is 778. The van der Waals surface area contributed by atoms with Crippen molar-refractivity contribution in [2.75, 3.05) is 0 Å². The van der Waals surface area contributed by atoms with Gasteiger partial charge in [0, 0.05) is 0 Å². The van der Waals surface area contributed by atoms with Crippen LogP contribution in [0.15, 0.2) is 72.8 Å². The van der Waals surface area contributed by atoms with Crippen molar-refractivity contribution in [2.45, 2.75) is 20.8 Å². The minimum absolute atomic E-state index is 1.31. The average molecular weight is 383 g/mol. The van der Waals surface area contributed by atoms with E-state index in [0.29, 0.717) is 0 Å². The molecule has 0 nitrogen and oxygen atoms in total. The molecule has 0 saturated carbocycles. The van der Waals surface area contributed by atoms with Crippen molar-refractivity contribution >= 4 is 36.5 Å². The quantitative estimate of drug-likeness (QED) is 0.474. The molecule has 2 heteroatoms. The van der Waals surface area contributed by atoms with E-state index in [1.165, 1.54) is 32.6 Å². The van der Waals surface area contributed by atoms with Crippen LogP contribution in [0.5, 0.6) is 0 Å². The van der Waals surface area contributed by atoms with Crippen LogP contribution in [0.1, 0.15) is 16.7 Å². The van der Waals surface area contributed by atoms with Crippen LogP contribution in [0.2, 0.25) is 0 Å². The van der Waals surface area contributed by atoms with Gasteiger partial charge in [0.15, 0.2) is 0 Å². The molecule has 0 spiro atoms. The number of benzene rings is 3.